The van der Waals surface area contributed by atoms with Crippen LogP contribution in [0.1, 0.15) is 28.8 Å². The summed E-state index contributed by atoms with van der Waals surface area (Å²) < 4.78 is 5.98. The molecule has 0 saturated carbocycles. The van der Waals surface area contributed by atoms with E-state index in [4.69, 9.17) is 4.74 Å². The second kappa shape index (κ2) is 10.5. The molecule has 0 spiro atoms. The summed E-state index contributed by atoms with van der Waals surface area (Å²) in [7, 11) is 0. The molecular formula is C26H27N3O4. The van der Waals surface area contributed by atoms with Crippen LogP contribution in [0.5, 0.6) is 11.5 Å². The molecule has 4 rings (SSSR count). The van der Waals surface area contributed by atoms with E-state index in [1.165, 1.54) is 12.1 Å². The van der Waals surface area contributed by atoms with Gasteiger partial charge in [-0.3, -0.25) is 4.79 Å². The molecule has 7 nitrogen and oxygen atoms in total. The number of likely N-dealkylation sites (tertiary alicyclic amines) is 1. The Labute approximate surface area is 193 Å². The van der Waals surface area contributed by atoms with E-state index in [9.17, 15) is 14.7 Å². The van der Waals surface area contributed by atoms with Gasteiger partial charge in [0, 0.05) is 49.8 Å². The summed E-state index contributed by atoms with van der Waals surface area (Å²) >= 11 is 0. The Bertz CT molecular complexity index is 1080. The number of aromatic hydroxyl groups is 1. The fraction of sp³-hybridized carbons (Fsp3) is 0.231. The molecule has 1 fully saturated rings. The van der Waals surface area contributed by atoms with Crippen molar-refractivity contribution in [1.29, 1.82) is 0 Å². The van der Waals surface area contributed by atoms with Crippen molar-refractivity contribution in [3.8, 4) is 11.5 Å². The number of anilines is 1. The lowest BCUT2D eigenvalue weighted by atomic mass is 10.1. The molecule has 0 aliphatic carbocycles. The van der Waals surface area contributed by atoms with Gasteiger partial charge in [-0.25, -0.2) is 4.79 Å². The third-order valence-corrected chi connectivity index (χ3v) is 5.50. The minimum atomic E-state index is -0.330. The maximum atomic E-state index is 12.7. The highest BCUT2D eigenvalue weighted by Gasteiger charge is 2.24. The van der Waals surface area contributed by atoms with Crippen LogP contribution in [0.3, 0.4) is 0 Å². The molecule has 0 unspecified atom stereocenters. The number of carbonyl (C=O) groups is 2. The molecule has 170 valence electrons. The number of ether oxygens (including phenoxy) is 1. The summed E-state index contributed by atoms with van der Waals surface area (Å²) in [6.07, 6.45) is 1.53. The van der Waals surface area contributed by atoms with E-state index in [2.05, 4.69) is 10.6 Å². The Hall–Kier alpha value is -4.00. The van der Waals surface area contributed by atoms with Crippen molar-refractivity contribution in [2.45, 2.75) is 25.5 Å². The van der Waals surface area contributed by atoms with Crippen LogP contribution in [0.4, 0.5) is 10.5 Å². The highest BCUT2D eigenvalue weighted by molar-refractivity contribution is 5.97. The van der Waals surface area contributed by atoms with Crippen LogP contribution in [-0.4, -0.2) is 41.1 Å². The van der Waals surface area contributed by atoms with E-state index in [0.717, 1.165) is 24.2 Å². The molecule has 1 heterocycles. The first-order valence-corrected chi connectivity index (χ1v) is 11.0. The number of benzene rings is 3. The molecule has 0 atom stereocenters. The van der Waals surface area contributed by atoms with E-state index in [-0.39, 0.29) is 29.4 Å². The summed E-state index contributed by atoms with van der Waals surface area (Å²) in [6.45, 7) is 1.50. The first kappa shape index (κ1) is 22.2. The zero-order valence-corrected chi connectivity index (χ0v) is 18.2. The molecule has 0 aromatic heterocycles. The average molecular weight is 446 g/mol. The fourth-order valence-electron chi connectivity index (χ4n) is 3.77. The zero-order valence-electron chi connectivity index (χ0n) is 18.2. The topological polar surface area (TPSA) is 90.9 Å². The lowest BCUT2D eigenvalue weighted by Crippen LogP contribution is -2.43. The maximum Gasteiger partial charge on any atom is 0.321 e. The largest absolute Gasteiger partial charge is 0.508 e. The molecule has 0 radical (unpaired) electrons. The summed E-state index contributed by atoms with van der Waals surface area (Å²) in [6, 6.07) is 23.3. The third-order valence-electron chi connectivity index (χ3n) is 5.50. The van der Waals surface area contributed by atoms with Crippen molar-refractivity contribution in [1.82, 2.24) is 10.2 Å². The Morgan fingerprint density at radius 2 is 1.61 bits per heavy atom. The van der Waals surface area contributed by atoms with Crippen LogP contribution >= 0.6 is 0 Å². The van der Waals surface area contributed by atoms with Gasteiger partial charge >= 0.3 is 6.03 Å². The van der Waals surface area contributed by atoms with Gasteiger partial charge in [-0.05, 0) is 29.8 Å². The maximum absolute atomic E-state index is 12.7. The van der Waals surface area contributed by atoms with E-state index in [0.29, 0.717) is 25.3 Å². The second-order valence-electron chi connectivity index (χ2n) is 7.98. The van der Waals surface area contributed by atoms with Crippen LogP contribution in [0.15, 0.2) is 78.9 Å². The summed E-state index contributed by atoms with van der Waals surface area (Å²) in [5.74, 6) is 0.412. The van der Waals surface area contributed by atoms with Crippen LogP contribution in [0.25, 0.3) is 0 Å². The van der Waals surface area contributed by atoms with Crippen molar-refractivity contribution >= 4 is 17.6 Å². The minimum Gasteiger partial charge on any atom is -0.508 e. The molecule has 3 N–H and O–H groups in total. The molecule has 1 aliphatic rings. The number of amides is 3. The number of para-hydroxylation sites is 1. The van der Waals surface area contributed by atoms with Crippen LogP contribution in [-0.2, 0) is 6.54 Å². The van der Waals surface area contributed by atoms with Gasteiger partial charge in [0.2, 0.25) is 0 Å². The molecule has 3 aromatic carbocycles. The lowest BCUT2D eigenvalue weighted by Gasteiger charge is -2.32. The number of nitrogens with zero attached hydrogens (tertiary/aromatic N) is 1. The molecule has 3 amide bonds. The first-order chi connectivity index (χ1) is 16.1. The number of hydrogen-bond donors (Lipinski definition) is 3. The SMILES string of the molecule is O=C(NCc1ccccc1)c1cc(O)cc(NC(=O)N2CCC(Oc3ccccc3)CC2)c1. The van der Waals surface area contributed by atoms with E-state index in [1.54, 1.807) is 11.0 Å². The van der Waals surface area contributed by atoms with Gasteiger partial charge < -0.3 is 25.4 Å². The standard InChI is InChI=1S/C26H27N3O4/c30-22-16-20(25(31)27-18-19-7-3-1-4-8-19)15-21(17-22)28-26(32)29-13-11-24(12-14-29)33-23-9-5-2-6-10-23/h1-10,15-17,24,30H,11-14,18H2,(H,27,31)(H,28,32). The number of phenols is 1. The van der Waals surface area contributed by atoms with Crippen LogP contribution in [0.2, 0.25) is 0 Å². The second-order valence-corrected chi connectivity index (χ2v) is 7.98. The summed E-state index contributed by atoms with van der Waals surface area (Å²) in [5.41, 5.74) is 1.61. The molecule has 7 heteroatoms. The normalized spacial score (nSPS) is 13.9. The van der Waals surface area contributed by atoms with Crippen molar-refractivity contribution in [3.63, 3.8) is 0 Å². The quantitative estimate of drug-likeness (QED) is 0.525. The Morgan fingerprint density at radius 3 is 2.30 bits per heavy atom. The highest BCUT2D eigenvalue weighted by Crippen LogP contribution is 2.22. The summed E-state index contributed by atoms with van der Waals surface area (Å²) in [4.78, 5) is 27.0. The van der Waals surface area contributed by atoms with E-state index in [1.807, 2.05) is 60.7 Å². The smallest absolute Gasteiger partial charge is 0.321 e. The monoisotopic (exact) mass is 445 g/mol. The molecule has 1 saturated heterocycles. The number of phenolic OH excluding ortho intramolecular Hbond substituents is 1. The number of nitrogens with one attached hydrogen (secondary N) is 2. The Kier molecular flexibility index (Phi) is 7.09. The first-order valence-electron chi connectivity index (χ1n) is 11.0. The van der Waals surface area contributed by atoms with Crippen molar-refractivity contribution in [3.05, 3.63) is 90.0 Å². The van der Waals surface area contributed by atoms with Crippen molar-refractivity contribution < 1.29 is 19.4 Å². The Morgan fingerprint density at radius 1 is 0.939 bits per heavy atom. The van der Waals surface area contributed by atoms with E-state index < -0.39 is 0 Å². The van der Waals surface area contributed by atoms with Crippen molar-refractivity contribution in [2.24, 2.45) is 0 Å². The predicted molar refractivity (Wildman–Crippen MR) is 126 cm³/mol. The van der Waals surface area contributed by atoms with Crippen molar-refractivity contribution in [2.75, 3.05) is 18.4 Å². The van der Waals surface area contributed by atoms with Gasteiger partial charge in [-0.15, -0.1) is 0 Å². The summed E-state index contributed by atoms with van der Waals surface area (Å²) in [5, 5.41) is 15.7. The average Bonchev–Trinajstić information content (AvgIpc) is 2.84. The Balaban J connectivity index is 1.31. The number of urea groups is 1. The fourth-order valence-corrected chi connectivity index (χ4v) is 3.77. The van der Waals surface area contributed by atoms with Gasteiger partial charge in [0.25, 0.3) is 5.91 Å². The van der Waals surface area contributed by atoms with Gasteiger partial charge in [0.1, 0.15) is 17.6 Å². The van der Waals surface area contributed by atoms with Gasteiger partial charge in [0.15, 0.2) is 0 Å². The molecule has 0 bridgehead atoms. The molecule has 1 aliphatic heterocycles. The van der Waals surface area contributed by atoms with Gasteiger partial charge in [0.05, 0.1) is 0 Å². The van der Waals surface area contributed by atoms with Gasteiger partial charge in [-0.2, -0.15) is 0 Å². The number of rotatable bonds is 6. The third kappa shape index (κ3) is 6.26. The lowest BCUT2D eigenvalue weighted by molar-refractivity contribution is 0.0950. The zero-order chi connectivity index (χ0) is 23.0. The number of carbonyl (C=O) groups excluding carboxylic acids is 2. The highest BCUT2D eigenvalue weighted by atomic mass is 16.5. The van der Waals surface area contributed by atoms with Crippen LogP contribution < -0.4 is 15.4 Å². The molecular weight excluding hydrogens is 418 g/mol. The van der Waals surface area contributed by atoms with E-state index >= 15 is 0 Å². The van der Waals surface area contributed by atoms with Crippen LogP contribution in [0, 0.1) is 0 Å². The number of hydrogen-bond acceptors (Lipinski definition) is 4. The van der Waals surface area contributed by atoms with Gasteiger partial charge in [-0.1, -0.05) is 48.5 Å². The molecule has 33 heavy (non-hydrogen) atoms. The molecule has 3 aromatic rings. The predicted octanol–water partition coefficient (Wildman–Crippen LogP) is 4.40. The number of piperidine rings is 1. The minimum absolute atomic E-state index is 0.0668.